The quantitative estimate of drug-likeness (QED) is 0.558. The van der Waals surface area contributed by atoms with Crippen molar-refractivity contribution in [2.45, 2.75) is 78.2 Å². The van der Waals surface area contributed by atoms with Crippen LogP contribution in [0.2, 0.25) is 0 Å². The van der Waals surface area contributed by atoms with Crippen LogP contribution in [0.4, 0.5) is 0 Å². The zero-order valence-corrected chi connectivity index (χ0v) is 12.4. The Morgan fingerprint density at radius 2 is 1.61 bits per heavy atom. The summed E-state index contributed by atoms with van der Waals surface area (Å²) in [5.74, 6) is 0.365. The zero-order valence-electron chi connectivity index (χ0n) is 12.4. The van der Waals surface area contributed by atoms with E-state index < -0.39 is 0 Å². The summed E-state index contributed by atoms with van der Waals surface area (Å²) in [5, 5.41) is 12.0. The van der Waals surface area contributed by atoms with Crippen LogP contribution in [0.3, 0.4) is 0 Å². The Hall–Kier alpha value is -0.570. The van der Waals surface area contributed by atoms with E-state index in [2.05, 4.69) is 12.2 Å². The fourth-order valence-electron chi connectivity index (χ4n) is 1.94. The number of aliphatic hydroxyl groups excluding tert-OH is 1. The molecular weight excluding hydrogens is 226 g/mol. The van der Waals surface area contributed by atoms with E-state index in [-0.39, 0.29) is 24.5 Å². The highest BCUT2D eigenvalue weighted by Gasteiger charge is 2.14. The van der Waals surface area contributed by atoms with Crippen molar-refractivity contribution in [1.82, 2.24) is 5.32 Å². The molecule has 2 N–H and O–H groups in total. The van der Waals surface area contributed by atoms with E-state index in [0.29, 0.717) is 6.42 Å². The first-order valence-electron chi connectivity index (χ1n) is 7.52. The fraction of sp³-hybridized carbons (Fsp3) is 0.933. The van der Waals surface area contributed by atoms with Gasteiger partial charge in [0.2, 0.25) is 5.91 Å². The molecule has 0 aromatic carbocycles. The van der Waals surface area contributed by atoms with Crippen LogP contribution in [0.15, 0.2) is 0 Å². The maximum Gasteiger partial charge on any atom is 0.220 e. The molecule has 0 bridgehead atoms. The normalized spacial score (nSPS) is 12.7. The predicted molar refractivity (Wildman–Crippen MR) is 76.5 cm³/mol. The molecule has 3 heteroatoms. The average molecular weight is 257 g/mol. The minimum atomic E-state index is -0.0953. The maximum absolute atomic E-state index is 11.6. The lowest BCUT2D eigenvalue weighted by Gasteiger charge is -2.19. The average Bonchev–Trinajstić information content (AvgIpc) is 2.34. The number of aliphatic hydroxyl groups is 1. The molecule has 0 aromatic rings. The van der Waals surface area contributed by atoms with Gasteiger partial charge in [0.25, 0.3) is 0 Å². The van der Waals surface area contributed by atoms with Crippen molar-refractivity contribution in [3.8, 4) is 0 Å². The Bertz CT molecular complexity index is 205. The second-order valence-electron chi connectivity index (χ2n) is 5.47. The molecule has 0 saturated carbocycles. The Morgan fingerprint density at radius 3 is 2.11 bits per heavy atom. The summed E-state index contributed by atoms with van der Waals surface area (Å²) in [4.78, 5) is 11.6. The van der Waals surface area contributed by atoms with E-state index in [4.69, 9.17) is 5.11 Å². The van der Waals surface area contributed by atoms with Crippen LogP contribution in [0.1, 0.15) is 72.1 Å². The van der Waals surface area contributed by atoms with Gasteiger partial charge in [0.1, 0.15) is 0 Å². The first kappa shape index (κ1) is 17.4. The van der Waals surface area contributed by atoms with Gasteiger partial charge in [-0.1, -0.05) is 59.3 Å². The van der Waals surface area contributed by atoms with Crippen LogP contribution in [-0.4, -0.2) is 23.7 Å². The van der Waals surface area contributed by atoms with Gasteiger partial charge in [-0.15, -0.1) is 0 Å². The molecule has 18 heavy (non-hydrogen) atoms. The molecule has 1 atom stereocenters. The summed E-state index contributed by atoms with van der Waals surface area (Å²) in [6.07, 6.45) is 9.16. The van der Waals surface area contributed by atoms with Gasteiger partial charge in [0, 0.05) is 6.42 Å². The smallest absolute Gasteiger partial charge is 0.220 e. The van der Waals surface area contributed by atoms with Gasteiger partial charge in [-0.25, -0.2) is 0 Å². The number of hydrogen-bond acceptors (Lipinski definition) is 2. The molecule has 0 aromatic heterocycles. The third-order valence-electron chi connectivity index (χ3n) is 3.36. The number of nitrogens with one attached hydrogen (secondary N) is 1. The predicted octanol–water partition coefficient (Wildman–Crippen LogP) is 3.26. The van der Waals surface area contributed by atoms with Gasteiger partial charge < -0.3 is 10.4 Å². The second kappa shape index (κ2) is 11.5. The third-order valence-corrected chi connectivity index (χ3v) is 3.36. The Kier molecular flexibility index (Phi) is 11.2. The number of rotatable bonds is 11. The van der Waals surface area contributed by atoms with Crippen molar-refractivity contribution >= 4 is 5.91 Å². The topological polar surface area (TPSA) is 49.3 Å². The summed E-state index contributed by atoms with van der Waals surface area (Å²) < 4.78 is 0. The molecule has 0 radical (unpaired) electrons. The van der Waals surface area contributed by atoms with Gasteiger partial charge in [0.15, 0.2) is 0 Å². The number of carbonyl (C=O) groups is 1. The first-order chi connectivity index (χ1) is 8.61. The van der Waals surface area contributed by atoms with E-state index in [9.17, 15) is 4.79 Å². The summed E-state index contributed by atoms with van der Waals surface area (Å²) >= 11 is 0. The molecule has 0 aliphatic heterocycles. The summed E-state index contributed by atoms with van der Waals surface area (Å²) in [6.45, 7) is 6.26. The molecular formula is C15H31NO2. The van der Waals surface area contributed by atoms with E-state index in [1.807, 2.05) is 13.8 Å². The van der Waals surface area contributed by atoms with Crippen molar-refractivity contribution in [3.05, 3.63) is 0 Å². The molecule has 0 heterocycles. The fourth-order valence-corrected chi connectivity index (χ4v) is 1.94. The first-order valence-corrected chi connectivity index (χ1v) is 7.52. The van der Waals surface area contributed by atoms with Crippen LogP contribution in [0.25, 0.3) is 0 Å². The lowest BCUT2D eigenvalue weighted by atomic mass is 10.0. The van der Waals surface area contributed by atoms with Crippen molar-refractivity contribution in [2.75, 3.05) is 6.61 Å². The molecule has 108 valence electrons. The third kappa shape index (κ3) is 9.46. The molecule has 0 rings (SSSR count). The Balaban J connectivity index is 3.47. The molecule has 3 nitrogen and oxygen atoms in total. The number of hydrogen-bond donors (Lipinski definition) is 2. The number of carbonyl (C=O) groups excluding carboxylic acids is 1. The van der Waals surface area contributed by atoms with Crippen LogP contribution < -0.4 is 5.32 Å². The highest BCUT2D eigenvalue weighted by Crippen LogP contribution is 2.08. The van der Waals surface area contributed by atoms with Crippen molar-refractivity contribution in [2.24, 2.45) is 5.92 Å². The zero-order chi connectivity index (χ0) is 13.8. The van der Waals surface area contributed by atoms with Gasteiger partial charge >= 0.3 is 0 Å². The molecule has 0 aliphatic rings. The second-order valence-corrected chi connectivity index (χ2v) is 5.47. The minimum absolute atomic E-state index is 0.0282. The molecule has 0 fully saturated rings. The lowest BCUT2D eigenvalue weighted by Crippen LogP contribution is -2.41. The molecule has 0 spiro atoms. The molecule has 1 amide bonds. The highest BCUT2D eigenvalue weighted by molar-refractivity contribution is 5.76. The highest BCUT2D eigenvalue weighted by atomic mass is 16.3. The standard InChI is InChI=1S/C15H31NO2/c1-4-5-6-7-8-9-10-11-15(18)16-14(12-17)13(2)3/h13-14,17H,4-12H2,1-3H3,(H,16,18)/t14-/m1/s1. The van der Waals surface area contributed by atoms with E-state index >= 15 is 0 Å². The largest absolute Gasteiger partial charge is 0.394 e. The van der Waals surface area contributed by atoms with E-state index in [1.54, 1.807) is 0 Å². The number of amides is 1. The molecule has 0 aliphatic carbocycles. The maximum atomic E-state index is 11.6. The van der Waals surface area contributed by atoms with Crippen LogP contribution in [0.5, 0.6) is 0 Å². The summed E-state index contributed by atoms with van der Waals surface area (Å²) in [5.41, 5.74) is 0. The Labute approximate surface area is 112 Å². The van der Waals surface area contributed by atoms with E-state index in [0.717, 1.165) is 12.8 Å². The summed E-state index contributed by atoms with van der Waals surface area (Å²) in [6, 6.07) is -0.0953. The molecule has 0 saturated heterocycles. The van der Waals surface area contributed by atoms with Gasteiger partial charge in [-0.2, -0.15) is 0 Å². The van der Waals surface area contributed by atoms with Crippen molar-refractivity contribution < 1.29 is 9.90 Å². The van der Waals surface area contributed by atoms with Crippen LogP contribution in [-0.2, 0) is 4.79 Å². The van der Waals surface area contributed by atoms with E-state index in [1.165, 1.54) is 32.1 Å². The van der Waals surface area contributed by atoms with Crippen molar-refractivity contribution in [3.63, 3.8) is 0 Å². The van der Waals surface area contributed by atoms with Gasteiger partial charge in [-0.05, 0) is 12.3 Å². The minimum Gasteiger partial charge on any atom is -0.394 e. The SMILES string of the molecule is CCCCCCCCCC(=O)N[C@H](CO)C(C)C. The van der Waals surface area contributed by atoms with Gasteiger partial charge in [-0.3, -0.25) is 4.79 Å². The monoisotopic (exact) mass is 257 g/mol. The molecule has 0 unspecified atom stereocenters. The number of unbranched alkanes of at least 4 members (excludes halogenated alkanes) is 6. The lowest BCUT2D eigenvalue weighted by molar-refractivity contribution is -0.122. The summed E-state index contributed by atoms with van der Waals surface area (Å²) in [7, 11) is 0. The van der Waals surface area contributed by atoms with Gasteiger partial charge in [0.05, 0.1) is 12.6 Å². The van der Waals surface area contributed by atoms with Crippen molar-refractivity contribution in [1.29, 1.82) is 0 Å². The van der Waals surface area contributed by atoms with Crippen LogP contribution in [0, 0.1) is 5.92 Å². The van der Waals surface area contributed by atoms with Crippen LogP contribution >= 0.6 is 0 Å². The Morgan fingerprint density at radius 1 is 1.06 bits per heavy atom.